The van der Waals surface area contributed by atoms with Gasteiger partial charge in [-0.2, -0.15) is 5.10 Å². The Hall–Kier alpha value is -1.93. The molecule has 2 atom stereocenters. The SMILES string of the molecule is CCNC(=O)[C@@H]1C[C@H](NC(=O)c2cc(C3CC3)[nH]n2)CN1C1CCOCC1. The summed E-state index contributed by atoms with van der Waals surface area (Å²) in [7, 11) is 0. The molecule has 0 spiro atoms. The number of hydrogen-bond acceptors (Lipinski definition) is 5. The van der Waals surface area contributed by atoms with Crippen LogP contribution in [-0.2, 0) is 9.53 Å². The molecule has 4 rings (SSSR count). The van der Waals surface area contributed by atoms with Gasteiger partial charge in [-0.25, -0.2) is 0 Å². The molecule has 2 amide bonds. The molecule has 3 aliphatic rings. The van der Waals surface area contributed by atoms with Gasteiger partial charge in [-0.1, -0.05) is 0 Å². The number of aromatic nitrogens is 2. The summed E-state index contributed by atoms with van der Waals surface area (Å²) in [5.41, 5.74) is 1.49. The van der Waals surface area contributed by atoms with Crippen LogP contribution >= 0.6 is 0 Å². The van der Waals surface area contributed by atoms with Gasteiger partial charge in [0.2, 0.25) is 5.91 Å². The van der Waals surface area contributed by atoms with Gasteiger partial charge in [0.1, 0.15) is 5.69 Å². The van der Waals surface area contributed by atoms with Crippen LogP contribution in [0.3, 0.4) is 0 Å². The van der Waals surface area contributed by atoms with Gasteiger partial charge in [-0.3, -0.25) is 19.6 Å². The lowest BCUT2D eigenvalue weighted by Gasteiger charge is -2.34. The number of rotatable bonds is 6. The number of aromatic amines is 1. The molecule has 3 N–H and O–H groups in total. The van der Waals surface area contributed by atoms with Crippen molar-refractivity contribution in [3.63, 3.8) is 0 Å². The fourth-order valence-corrected chi connectivity index (χ4v) is 4.25. The minimum Gasteiger partial charge on any atom is -0.381 e. The highest BCUT2D eigenvalue weighted by atomic mass is 16.5. The molecule has 1 aromatic rings. The molecule has 8 nitrogen and oxygen atoms in total. The van der Waals surface area contributed by atoms with Crippen molar-refractivity contribution in [2.45, 2.75) is 63.1 Å². The zero-order valence-electron chi connectivity index (χ0n) is 15.9. The Bertz CT molecular complexity index is 681. The van der Waals surface area contributed by atoms with Gasteiger partial charge in [0.25, 0.3) is 5.91 Å². The number of nitrogens with zero attached hydrogens (tertiary/aromatic N) is 2. The molecule has 148 valence electrons. The van der Waals surface area contributed by atoms with E-state index in [1.807, 2.05) is 13.0 Å². The van der Waals surface area contributed by atoms with Crippen LogP contribution in [-0.4, -0.2) is 71.3 Å². The van der Waals surface area contributed by atoms with Crippen LogP contribution < -0.4 is 10.6 Å². The molecule has 0 unspecified atom stereocenters. The Morgan fingerprint density at radius 3 is 2.78 bits per heavy atom. The fraction of sp³-hybridized carbons (Fsp3) is 0.737. The fourth-order valence-electron chi connectivity index (χ4n) is 4.25. The first-order chi connectivity index (χ1) is 13.2. The lowest BCUT2D eigenvalue weighted by Crippen LogP contribution is -2.49. The molecule has 2 saturated heterocycles. The predicted molar refractivity (Wildman–Crippen MR) is 99.5 cm³/mol. The standard InChI is InChI=1S/C19H29N5O3/c1-2-20-19(26)17-9-13(11-24(17)14-5-7-27-8-6-14)21-18(25)16-10-15(22-23-16)12-3-4-12/h10,12-14,17H,2-9,11H2,1H3,(H,20,26)(H,21,25)(H,22,23)/t13-,17-/m0/s1. The summed E-state index contributed by atoms with van der Waals surface area (Å²) in [6.07, 6.45) is 4.83. The van der Waals surface area contributed by atoms with E-state index in [9.17, 15) is 9.59 Å². The molecule has 0 radical (unpaired) electrons. The van der Waals surface area contributed by atoms with Crippen molar-refractivity contribution >= 4 is 11.8 Å². The van der Waals surface area contributed by atoms with Crippen LogP contribution in [0.4, 0.5) is 0 Å². The first kappa shape index (κ1) is 18.4. The quantitative estimate of drug-likeness (QED) is 0.682. The number of likely N-dealkylation sites (tertiary alicyclic amines) is 1. The third-order valence-electron chi connectivity index (χ3n) is 5.84. The summed E-state index contributed by atoms with van der Waals surface area (Å²) in [5, 5.41) is 13.2. The van der Waals surface area contributed by atoms with Crippen LogP contribution in [0.15, 0.2) is 6.07 Å². The molecule has 0 aromatic carbocycles. The lowest BCUT2D eigenvalue weighted by atomic mass is 10.1. The minimum atomic E-state index is -0.195. The molecule has 1 aromatic heterocycles. The number of carbonyl (C=O) groups is 2. The predicted octanol–water partition coefficient (Wildman–Crippen LogP) is 0.775. The summed E-state index contributed by atoms with van der Waals surface area (Å²) >= 11 is 0. The van der Waals surface area contributed by atoms with Crippen molar-refractivity contribution in [3.05, 3.63) is 17.5 Å². The lowest BCUT2D eigenvalue weighted by molar-refractivity contribution is -0.126. The molecule has 0 bridgehead atoms. The van der Waals surface area contributed by atoms with Gasteiger partial charge in [-0.05, 0) is 45.1 Å². The number of carbonyl (C=O) groups excluding carboxylic acids is 2. The van der Waals surface area contributed by atoms with Crippen LogP contribution in [0, 0.1) is 0 Å². The zero-order valence-corrected chi connectivity index (χ0v) is 15.9. The Morgan fingerprint density at radius 1 is 1.30 bits per heavy atom. The third-order valence-corrected chi connectivity index (χ3v) is 5.84. The highest BCUT2D eigenvalue weighted by Crippen LogP contribution is 2.39. The van der Waals surface area contributed by atoms with Crippen molar-refractivity contribution in [2.24, 2.45) is 0 Å². The summed E-state index contributed by atoms with van der Waals surface area (Å²) in [6, 6.07) is 1.95. The van der Waals surface area contributed by atoms with Gasteiger partial charge in [-0.15, -0.1) is 0 Å². The maximum absolute atomic E-state index is 12.6. The Balaban J connectivity index is 1.41. The summed E-state index contributed by atoms with van der Waals surface area (Å²) in [6.45, 7) is 4.71. The minimum absolute atomic E-state index is 0.0472. The largest absolute Gasteiger partial charge is 0.381 e. The van der Waals surface area contributed by atoms with E-state index in [2.05, 4.69) is 25.7 Å². The van der Waals surface area contributed by atoms with E-state index in [4.69, 9.17) is 4.74 Å². The normalized spacial score (nSPS) is 26.9. The highest BCUT2D eigenvalue weighted by molar-refractivity contribution is 5.92. The van der Waals surface area contributed by atoms with E-state index < -0.39 is 0 Å². The zero-order chi connectivity index (χ0) is 18.8. The number of ether oxygens (including phenoxy) is 1. The van der Waals surface area contributed by atoms with Crippen LogP contribution in [0.25, 0.3) is 0 Å². The molecular formula is C19H29N5O3. The average Bonchev–Trinajstić information content (AvgIpc) is 3.25. The van der Waals surface area contributed by atoms with Gasteiger partial charge in [0, 0.05) is 50.0 Å². The van der Waals surface area contributed by atoms with E-state index in [1.165, 1.54) is 12.8 Å². The van der Waals surface area contributed by atoms with Crippen molar-refractivity contribution in [1.82, 2.24) is 25.7 Å². The number of H-pyrrole nitrogens is 1. The molecule has 27 heavy (non-hydrogen) atoms. The van der Waals surface area contributed by atoms with Crippen molar-refractivity contribution in [2.75, 3.05) is 26.3 Å². The Morgan fingerprint density at radius 2 is 2.07 bits per heavy atom. The van der Waals surface area contributed by atoms with E-state index in [1.54, 1.807) is 0 Å². The number of hydrogen-bond donors (Lipinski definition) is 3. The van der Waals surface area contributed by atoms with Crippen molar-refractivity contribution in [1.29, 1.82) is 0 Å². The molecule has 1 saturated carbocycles. The third kappa shape index (κ3) is 4.16. The van der Waals surface area contributed by atoms with Crippen LogP contribution in [0.5, 0.6) is 0 Å². The number of amides is 2. The van der Waals surface area contributed by atoms with Gasteiger partial charge in [0.05, 0.1) is 6.04 Å². The van der Waals surface area contributed by atoms with Gasteiger partial charge in [0.15, 0.2) is 0 Å². The second-order valence-corrected chi connectivity index (χ2v) is 7.84. The number of likely N-dealkylation sites (N-methyl/N-ethyl adjacent to an activating group) is 1. The molecule has 1 aliphatic carbocycles. The molecule has 3 fully saturated rings. The Kier molecular flexibility index (Phi) is 5.45. The van der Waals surface area contributed by atoms with E-state index in [0.717, 1.165) is 31.7 Å². The summed E-state index contributed by atoms with van der Waals surface area (Å²) in [4.78, 5) is 27.4. The van der Waals surface area contributed by atoms with E-state index in [0.29, 0.717) is 37.2 Å². The van der Waals surface area contributed by atoms with Crippen LogP contribution in [0.2, 0.25) is 0 Å². The van der Waals surface area contributed by atoms with Gasteiger partial charge >= 0.3 is 0 Å². The van der Waals surface area contributed by atoms with Crippen LogP contribution in [0.1, 0.15) is 61.1 Å². The second-order valence-electron chi connectivity index (χ2n) is 7.84. The van der Waals surface area contributed by atoms with Gasteiger partial charge < -0.3 is 15.4 Å². The smallest absolute Gasteiger partial charge is 0.272 e. The molecular weight excluding hydrogens is 346 g/mol. The molecule has 2 aliphatic heterocycles. The monoisotopic (exact) mass is 375 g/mol. The van der Waals surface area contributed by atoms with Crippen molar-refractivity contribution in [3.8, 4) is 0 Å². The second kappa shape index (κ2) is 7.98. The molecule has 3 heterocycles. The van der Waals surface area contributed by atoms with Crippen molar-refractivity contribution < 1.29 is 14.3 Å². The maximum Gasteiger partial charge on any atom is 0.272 e. The number of nitrogens with one attached hydrogen (secondary N) is 3. The summed E-state index contributed by atoms with van der Waals surface area (Å²) in [5.74, 6) is 0.430. The maximum atomic E-state index is 12.6. The Labute approximate surface area is 159 Å². The highest BCUT2D eigenvalue weighted by Gasteiger charge is 2.41. The van der Waals surface area contributed by atoms with E-state index >= 15 is 0 Å². The first-order valence-electron chi connectivity index (χ1n) is 10.1. The summed E-state index contributed by atoms with van der Waals surface area (Å²) < 4.78 is 5.47. The average molecular weight is 375 g/mol. The first-order valence-corrected chi connectivity index (χ1v) is 10.1. The molecule has 8 heteroatoms. The topological polar surface area (TPSA) is 99.4 Å². The van der Waals surface area contributed by atoms with E-state index in [-0.39, 0.29) is 23.9 Å².